The molecule has 0 aromatic carbocycles. The first-order valence-electron chi connectivity index (χ1n) is 10.1. The molecule has 1 saturated heterocycles. The van der Waals surface area contributed by atoms with Crippen LogP contribution in [0.3, 0.4) is 0 Å². The molecule has 3 N–H and O–H groups in total. The molecule has 0 spiro atoms. The lowest BCUT2D eigenvalue weighted by atomic mass is 10.0. The summed E-state index contributed by atoms with van der Waals surface area (Å²) >= 11 is 0. The van der Waals surface area contributed by atoms with Gasteiger partial charge in [-0.05, 0) is 45.2 Å². The summed E-state index contributed by atoms with van der Waals surface area (Å²) in [5.74, 6) is 1.29. The number of carbonyl (C=O) groups excluding carboxylic acids is 1. The molecule has 1 amide bonds. The van der Waals surface area contributed by atoms with E-state index < -0.39 is 0 Å². The topological polar surface area (TPSA) is 68.8 Å². The Labute approximate surface area is 154 Å². The van der Waals surface area contributed by atoms with Gasteiger partial charge in [0.15, 0.2) is 5.96 Å². The molecule has 0 aromatic rings. The fourth-order valence-electron chi connectivity index (χ4n) is 3.23. The summed E-state index contributed by atoms with van der Waals surface area (Å²) in [5.41, 5.74) is 0. The number of aliphatic imine (C=N–C) groups is 1. The van der Waals surface area contributed by atoms with Crippen LogP contribution in [-0.2, 0) is 4.79 Å². The standard InChI is InChI=1S/C19H39N5O/c1-5-11-21-18(25)15-23-19(20-6-2)22-14-17(16(3)4)24-12-9-7-8-10-13-24/h16-17H,5-15H2,1-4H3,(H,21,25)(H2,20,22,23). The van der Waals surface area contributed by atoms with Gasteiger partial charge in [0, 0.05) is 25.7 Å². The van der Waals surface area contributed by atoms with E-state index >= 15 is 0 Å². The number of nitrogens with one attached hydrogen (secondary N) is 3. The van der Waals surface area contributed by atoms with Crippen molar-refractivity contribution in [3.63, 3.8) is 0 Å². The number of guanidine groups is 1. The molecule has 1 unspecified atom stereocenters. The third kappa shape index (κ3) is 9.10. The molecule has 146 valence electrons. The first-order valence-corrected chi connectivity index (χ1v) is 10.1. The fraction of sp³-hybridized carbons (Fsp3) is 0.895. The van der Waals surface area contributed by atoms with E-state index in [1.807, 2.05) is 13.8 Å². The minimum atomic E-state index is -0.0213. The van der Waals surface area contributed by atoms with Crippen molar-refractivity contribution < 1.29 is 4.79 Å². The second-order valence-electron chi connectivity index (χ2n) is 7.19. The van der Waals surface area contributed by atoms with E-state index in [0.717, 1.165) is 25.5 Å². The van der Waals surface area contributed by atoms with Crippen LogP contribution in [0.2, 0.25) is 0 Å². The predicted molar refractivity (Wildman–Crippen MR) is 106 cm³/mol. The van der Waals surface area contributed by atoms with Gasteiger partial charge in [-0.2, -0.15) is 0 Å². The maximum Gasteiger partial charge on any atom is 0.241 e. The van der Waals surface area contributed by atoms with E-state index in [0.29, 0.717) is 18.5 Å². The first kappa shape index (κ1) is 21.7. The largest absolute Gasteiger partial charge is 0.357 e. The molecule has 1 aliphatic rings. The molecular weight excluding hydrogens is 314 g/mol. The van der Waals surface area contributed by atoms with Crippen molar-refractivity contribution in [1.82, 2.24) is 20.9 Å². The van der Waals surface area contributed by atoms with Gasteiger partial charge in [0.1, 0.15) is 6.54 Å². The van der Waals surface area contributed by atoms with Crippen molar-refractivity contribution in [2.45, 2.75) is 65.8 Å². The van der Waals surface area contributed by atoms with Crippen LogP contribution in [0.4, 0.5) is 0 Å². The van der Waals surface area contributed by atoms with Gasteiger partial charge in [-0.25, -0.2) is 4.99 Å². The number of rotatable bonds is 9. The van der Waals surface area contributed by atoms with Crippen molar-refractivity contribution in [2.75, 3.05) is 39.3 Å². The smallest absolute Gasteiger partial charge is 0.241 e. The molecule has 0 aliphatic carbocycles. The van der Waals surface area contributed by atoms with Crippen LogP contribution in [0.15, 0.2) is 4.99 Å². The zero-order valence-corrected chi connectivity index (χ0v) is 16.7. The van der Waals surface area contributed by atoms with Crippen molar-refractivity contribution in [2.24, 2.45) is 10.9 Å². The molecule has 0 bridgehead atoms. The summed E-state index contributed by atoms with van der Waals surface area (Å²) in [5, 5.41) is 9.55. The van der Waals surface area contributed by atoms with Crippen molar-refractivity contribution in [3.05, 3.63) is 0 Å². The summed E-state index contributed by atoms with van der Waals surface area (Å²) in [6, 6.07) is 0.496. The van der Waals surface area contributed by atoms with Gasteiger partial charge >= 0.3 is 0 Å². The average molecular weight is 354 g/mol. The highest BCUT2D eigenvalue weighted by atomic mass is 16.1. The Bertz CT molecular complexity index is 389. The quantitative estimate of drug-likeness (QED) is 0.438. The van der Waals surface area contributed by atoms with E-state index in [4.69, 9.17) is 0 Å². The summed E-state index contributed by atoms with van der Waals surface area (Å²) in [4.78, 5) is 18.8. The van der Waals surface area contributed by atoms with E-state index in [2.05, 4.69) is 39.7 Å². The van der Waals surface area contributed by atoms with Gasteiger partial charge in [-0.3, -0.25) is 9.69 Å². The van der Waals surface area contributed by atoms with Crippen molar-refractivity contribution in [3.8, 4) is 0 Å². The highest BCUT2D eigenvalue weighted by Crippen LogP contribution is 2.16. The molecule has 1 rings (SSSR count). The van der Waals surface area contributed by atoms with Crippen LogP contribution in [0, 0.1) is 5.92 Å². The van der Waals surface area contributed by atoms with Gasteiger partial charge in [0.05, 0.1) is 0 Å². The van der Waals surface area contributed by atoms with E-state index in [9.17, 15) is 4.79 Å². The lowest BCUT2D eigenvalue weighted by Gasteiger charge is -2.34. The Morgan fingerprint density at radius 1 is 1.04 bits per heavy atom. The fourth-order valence-corrected chi connectivity index (χ4v) is 3.23. The van der Waals surface area contributed by atoms with Crippen LogP contribution in [0.1, 0.15) is 59.8 Å². The van der Waals surface area contributed by atoms with Gasteiger partial charge in [-0.1, -0.05) is 33.6 Å². The summed E-state index contributed by atoms with van der Waals surface area (Å²) in [7, 11) is 0. The SMILES string of the molecule is CCCNC(=O)CN=C(NCC)NCC(C(C)C)N1CCCCCC1. The summed E-state index contributed by atoms with van der Waals surface area (Å²) in [6.45, 7) is 13.6. The minimum absolute atomic E-state index is 0.0213. The lowest BCUT2D eigenvalue weighted by molar-refractivity contribution is -0.119. The van der Waals surface area contributed by atoms with Gasteiger partial charge < -0.3 is 16.0 Å². The summed E-state index contributed by atoms with van der Waals surface area (Å²) < 4.78 is 0. The second-order valence-corrected chi connectivity index (χ2v) is 7.19. The summed E-state index contributed by atoms with van der Waals surface area (Å²) in [6.07, 6.45) is 6.25. The van der Waals surface area contributed by atoms with E-state index in [-0.39, 0.29) is 12.5 Å². The Morgan fingerprint density at radius 3 is 2.28 bits per heavy atom. The normalized spacial score (nSPS) is 17.9. The van der Waals surface area contributed by atoms with Crippen LogP contribution in [0.5, 0.6) is 0 Å². The van der Waals surface area contributed by atoms with Gasteiger partial charge in [0.2, 0.25) is 5.91 Å². The molecular formula is C19H39N5O. The number of nitrogens with zero attached hydrogens (tertiary/aromatic N) is 2. The highest BCUT2D eigenvalue weighted by molar-refractivity contribution is 5.84. The Balaban J connectivity index is 2.57. The lowest BCUT2D eigenvalue weighted by Crippen LogP contribution is -2.50. The number of carbonyl (C=O) groups is 1. The van der Waals surface area contributed by atoms with Crippen molar-refractivity contribution >= 4 is 11.9 Å². The van der Waals surface area contributed by atoms with Gasteiger partial charge in [0.25, 0.3) is 0 Å². The Kier molecular flexibility index (Phi) is 11.3. The minimum Gasteiger partial charge on any atom is -0.357 e. The molecule has 6 nitrogen and oxygen atoms in total. The molecule has 1 heterocycles. The molecule has 1 fully saturated rings. The average Bonchev–Trinajstić information content (AvgIpc) is 2.87. The maximum absolute atomic E-state index is 11.8. The molecule has 0 aromatic heterocycles. The number of hydrogen-bond acceptors (Lipinski definition) is 3. The highest BCUT2D eigenvalue weighted by Gasteiger charge is 2.22. The number of hydrogen-bond donors (Lipinski definition) is 3. The third-order valence-corrected chi connectivity index (χ3v) is 4.66. The molecule has 25 heavy (non-hydrogen) atoms. The molecule has 1 aliphatic heterocycles. The van der Waals surface area contributed by atoms with Crippen LogP contribution in [0.25, 0.3) is 0 Å². The van der Waals surface area contributed by atoms with E-state index in [1.54, 1.807) is 0 Å². The van der Waals surface area contributed by atoms with E-state index in [1.165, 1.54) is 38.8 Å². The zero-order valence-electron chi connectivity index (χ0n) is 16.7. The molecule has 0 radical (unpaired) electrons. The first-order chi connectivity index (χ1) is 12.1. The second kappa shape index (κ2) is 13.0. The van der Waals surface area contributed by atoms with Crippen LogP contribution >= 0.6 is 0 Å². The van der Waals surface area contributed by atoms with Gasteiger partial charge in [-0.15, -0.1) is 0 Å². The molecule has 0 saturated carbocycles. The Morgan fingerprint density at radius 2 is 1.72 bits per heavy atom. The van der Waals surface area contributed by atoms with Crippen LogP contribution in [-0.4, -0.2) is 62.1 Å². The Hall–Kier alpha value is -1.30. The number of likely N-dealkylation sites (tertiary alicyclic amines) is 1. The van der Waals surface area contributed by atoms with Crippen LogP contribution < -0.4 is 16.0 Å². The zero-order chi connectivity index (χ0) is 18.5. The third-order valence-electron chi connectivity index (χ3n) is 4.66. The molecule has 1 atom stereocenters. The molecule has 6 heteroatoms. The van der Waals surface area contributed by atoms with Crippen molar-refractivity contribution in [1.29, 1.82) is 0 Å². The predicted octanol–water partition coefficient (Wildman–Crippen LogP) is 1.97. The monoisotopic (exact) mass is 353 g/mol. The number of amides is 1. The maximum atomic E-state index is 11.8.